The summed E-state index contributed by atoms with van der Waals surface area (Å²) >= 11 is 0. The van der Waals surface area contributed by atoms with Crippen LogP contribution < -0.4 is 10.6 Å². The second kappa shape index (κ2) is 9.06. The summed E-state index contributed by atoms with van der Waals surface area (Å²) in [4.78, 5) is 46.0. The van der Waals surface area contributed by atoms with Crippen molar-refractivity contribution in [2.24, 2.45) is 0 Å². The Bertz CT molecular complexity index is 569. The number of likely N-dealkylation sites (N-methyl/N-ethyl adjacent to an activating group) is 1. The molecule has 0 aliphatic rings. The van der Waals surface area contributed by atoms with E-state index in [1.165, 1.54) is 25.5 Å². The van der Waals surface area contributed by atoms with Crippen LogP contribution in [0, 0.1) is 0 Å². The van der Waals surface area contributed by atoms with Crippen LogP contribution in [0.2, 0.25) is 0 Å². The van der Waals surface area contributed by atoms with E-state index in [9.17, 15) is 19.2 Å². The van der Waals surface area contributed by atoms with Crippen molar-refractivity contribution in [1.82, 2.24) is 15.5 Å². The molecule has 7 nitrogen and oxygen atoms in total. The smallest absolute Gasteiger partial charge is 0.325 e. The highest BCUT2D eigenvalue weighted by Gasteiger charge is 2.19. The SMILES string of the molecule is CNC(=O)CNC(=O)N(C[C]=O)C(=O)/C=C/c1ccccc1. The van der Waals surface area contributed by atoms with Crippen LogP contribution in [-0.4, -0.2) is 49.2 Å². The van der Waals surface area contributed by atoms with E-state index in [0.717, 1.165) is 5.56 Å². The molecule has 1 rings (SSSR count). The number of urea groups is 1. The Balaban J connectivity index is 2.70. The van der Waals surface area contributed by atoms with Gasteiger partial charge in [-0.05, 0) is 11.6 Å². The average molecular weight is 302 g/mol. The van der Waals surface area contributed by atoms with Crippen LogP contribution in [-0.2, 0) is 14.4 Å². The normalized spacial score (nSPS) is 10.0. The van der Waals surface area contributed by atoms with Gasteiger partial charge in [0.1, 0.15) is 0 Å². The van der Waals surface area contributed by atoms with E-state index in [-0.39, 0.29) is 6.54 Å². The van der Waals surface area contributed by atoms with Crippen LogP contribution in [0.15, 0.2) is 36.4 Å². The van der Waals surface area contributed by atoms with Crippen LogP contribution in [0.25, 0.3) is 6.08 Å². The van der Waals surface area contributed by atoms with Gasteiger partial charge in [-0.15, -0.1) is 0 Å². The number of hydrogen-bond donors (Lipinski definition) is 2. The second-order valence-corrected chi connectivity index (χ2v) is 4.14. The third-order valence-corrected chi connectivity index (χ3v) is 2.63. The standard InChI is InChI=1S/C15H16N3O4/c1-16-13(20)11-17-15(22)18(9-10-19)14(21)8-7-12-5-3-2-4-6-12/h2-8H,9,11H2,1H3,(H,16,20)(H,17,22)/b8-7+. The zero-order chi connectivity index (χ0) is 16.4. The van der Waals surface area contributed by atoms with Crippen molar-refractivity contribution in [2.75, 3.05) is 20.1 Å². The zero-order valence-electron chi connectivity index (χ0n) is 12.0. The molecule has 0 aromatic heterocycles. The molecule has 0 unspecified atom stereocenters. The van der Waals surface area contributed by atoms with Gasteiger partial charge in [0.25, 0.3) is 5.91 Å². The highest BCUT2D eigenvalue weighted by Crippen LogP contribution is 2.02. The summed E-state index contributed by atoms with van der Waals surface area (Å²) < 4.78 is 0. The highest BCUT2D eigenvalue weighted by molar-refractivity contribution is 6.04. The number of hydrogen-bond acceptors (Lipinski definition) is 4. The van der Waals surface area contributed by atoms with Gasteiger partial charge in [-0.3, -0.25) is 19.3 Å². The predicted molar refractivity (Wildman–Crippen MR) is 80.3 cm³/mol. The van der Waals surface area contributed by atoms with Crippen LogP contribution in [0.1, 0.15) is 5.56 Å². The maximum absolute atomic E-state index is 12.0. The molecule has 2 N–H and O–H groups in total. The van der Waals surface area contributed by atoms with E-state index in [0.29, 0.717) is 4.90 Å². The minimum absolute atomic E-state index is 0.291. The van der Waals surface area contributed by atoms with Gasteiger partial charge in [0.2, 0.25) is 12.2 Å². The summed E-state index contributed by atoms with van der Waals surface area (Å²) in [5.41, 5.74) is 0.775. The Morgan fingerprint density at radius 1 is 1.23 bits per heavy atom. The first-order valence-electron chi connectivity index (χ1n) is 6.46. The number of benzene rings is 1. The lowest BCUT2D eigenvalue weighted by molar-refractivity contribution is -0.123. The number of amides is 4. The molecule has 1 radical (unpaired) electrons. The molecule has 4 amide bonds. The highest BCUT2D eigenvalue weighted by atomic mass is 16.2. The van der Waals surface area contributed by atoms with Gasteiger partial charge < -0.3 is 10.6 Å². The second-order valence-electron chi connectivity index (χ2n) is 4.14. The molecular formula is C15H16N3O4. The minimum atomic E-state index is -0.838. The van der Waals surface area contributed by atoms with Crippen molar-refractivity contribution < 1.29 is 19.2 Å². The molecule has 7 heteroatoms. The summed E-state index contributed by atoms with van der Waals surface area (Å²) in [7, 11) is 1.42. The fourth-order valence-electron chi connectivity index (χ4n) is 1.48. The molecule has 0 saturated heterocycles. The van der Waals surface area contributed by atoms with Gasteiger partial charge in [-0.2, -0.15) is 0 Å². The first kappa shape index (κ1) is 17.1. The van der Waals surface area contributed by atoms with E-state index in [2.05, 4.69) is 10.6 Å². The predicted octanol–water partition coefficient (Wildman–Crippen LogP) is 0.0937. The van der Waals surface area contributed by atoms with E-state index in [1.807, 2.05) is 6.07 Å². The molecule has 0 atom stereocenters. The van der Waals surface area contributed by atoms with Gasteiger partial charge in [0.15, 0.2) is 0 Å². The fourth-order valence-corrected chi connectivity index (χ4v) is 1.48. The van der Waals surface area contributed by atoms with Crippen LogP contribution in [0.5, 0.6) is 0 Å². The molecule has 0 bridgehead atoms. The maximum atomic E-state index is 12.0. The zero-order valence-corrected chi connectivity index (χ0v) is 12.0. The molecule has 22 heavy (non-hydrogen) atoms. The first-order valence-corrected chi connectivity index (χ1v) is 6.46. The van der Waals surface area contributed by atoms with E-state index >= 15 is 0 Å². The van der Waals surface area contributed by atoms with Crippen LogP contribution >= 0.6 is 0 Å². The Morgan fingerprint density at radius 3 is 2.50 bits per heavy atom. The molecule has 0 saturated carbocycles. The van der Waals surface area contributed by atoms with Crippen molar-refractivity contribution in [2.45, 2.75) is 0 Å². The van der Waals surface area contributed by atoms with E-state index < -0.39 is 24.4 Å². The van der Waals surface area contributed by atoms with E-state index in [4.69, 9.17) is 0 Å². The number of carbonyl (C=O) groups excluding carboxylic acids is 4. The molecule has 0 aliphatic carbocycles. The maximum Gasteiger partial charge on any atom is 0.325 e. The molecule has 115 valence electrons. The quantitative estimate of drug-likeness (QED) is 0.728. The number of nitrogens with one attached hydrogen (secondary N) is 2. The molecule has 1 aromatic rings. The third-order valence-electron chi connectivity index (χ3n) is 2.63. The Morgan fingerprint density at radius 2 is 1.91 bits per heavy atom. The molecule has 0 fully saturated rings. The Labute approximate surface area is 128 Å². The topological polar surface area (TPSA) is 95.6 Å². The van der Waals surface area contributed by atoms with Crippen molar-refractivity contribution in [3.8, 4) is 0 Å². The number of rotatable bonds is 6. The van der Waals surface area contributed by atoms with Gasteiger partial charge in [-0.25, -0.2) is 4.79 Å². The van der Waals surface area contributed by atoms with Crippen molar-refractivity contribution in [3.05, 3.63) is 42.0 Å². The molecule has 0 aliphatic heterocycles. The lowest BCUT2D eigenvalue weighted by Crippen LogP contribution is -2.46. The Kier molecular flexibility index (Phi) is 7.04. The van der Waals surface area contributed by atoms with E-state index in [1.54, 1.807) is 24.3 Å². The summed E-state index contributed by atoms with van der Waals surface area (Å²) in [6.07, 6.45) is 4.18. The number of imide groups is 1. The van der Waals surface area contributed by atoms with Gasteiger partial charge >= 0.3 is 6.03 Å². The molecule has 1 aromatic carbocycles. The third kappa shape index (κ3) is 5.58. The summed E-state index contributed by atoms with van der Waals surface area (Å²) in [5, 5.41) is 4.56. The first-order chi connectivity index (χ1) is 10.6. The molecular weight excluding hydrogens is 286 g/mol. The monoisotopic (exact) mass is 302 g/mol. The fraction of sp³-hybridized carbons (Fsp3) is 0.200. The van der Waals surface area contributed by atoms with Gasteiger partial charge in [0.05, 0.1) is 13.1 Å². The average Bonchev–Trinajstić information content (AvgIpc) is 2.55. The minimum Gasteiger partial charge on any atom is -0.358 e. The van der Waals surface area contributed by atoms with Crippen LogP contribution in [0.3, 0.4) is 0 Å². The van der Waals surface area contributed by atoms with Crippen LogP contribution in [0.4, 0.5) is 4.79 Å². The lowest BCUT2D eigenvalue weighted by Gasteiger charge is -2.16. The number of carbonyl (C=O) groups is 3. The largest absolute Gasteiger partial charge is 0.358 e. The van der Waals surface area contributed by atoms with Crippen molar-refractivity contribution >= 4 is 30.2 Å². The van der Waals surface area contributed by atoms with Crippen molar-refractivity contribution in [3.63, 3.8) is 0 Å². The Hall–Kier alpha value is -2.96. The van der Waals surface area contributed by atoms with Crippen molar-refractivity contribution in [1.29, 1.82) is 0 Å². The van der Waals surface area contributed by atoms with Gasteiger partial charge in [-0.1, -0.05) is 30.3 Å². The summed E-state index contributed by atoms with van der Waals surface area (Å²) in [6, 6.07) is 8.17. The molecule has 0 heterocycles. The lowest BCUT2D eigenvalue weighted by atomic mass is 10.2. The summed E-state index contributed by atoms with van der Waals surface area (Å²) in [5.74, 6) is -1.10. The summed E-state index contributed by atoms with van der Waals surface area (Å²) in [6.45, 7) is -0.808. The number of nitrogens with zero attached hydrogens (tertiary/aromatic N) is 1. The van der Waals surface area contributed by atoms with Gasteiger partial charge in [0, 0.05) is 13.1 Å². The molecule has 0 spiro atoms.